The Hall–Kier alpha value is -4.37. The molecule has 3 N–H and O–H groups in total. The number of halogens is 1. The zero-order chi connectivity index (χ0) is 25.0. The summed E-state index contributed by atoms with van der Waals surface area (Å²) in [6, 6.07) is 23.0. The van der Waals surface area contributed by atoms with Crippen molar-refractivity contribution in [3.63, 3.8) is 0 Å². The maximum atomic E-state index is 13.1. The van der Waals surface area contributed by atoms with Crippen LogP contribution in [-0.4, -0.2) is 26.5 Å². The molecule has 0 fully saturated rings. The van der Waals surface area contributed by atoms with Crippen LogP contribution in [0, 0.1) is 5.82 Å². The minimum Gasteiger partial charge on any atom is -0.506 e. The number of amides is 1. The second-order valence-corrected chi connectivity index (χ2v) is 9.21. The van der Waals surface area contributed by atoms with Gasteiger partial charge in [0.2, 0.25) is 0 Å². The second kappa shape index (κ2) is 9.86. The molecule has 35 heavy (non-hydrogen) atoms. The smallest absolute Gasteiger partial charge is 0.262 e. The molecule has 0 aliphatic heterocycles. The summed E-state index contributed by atoms with van der Waals surface area (Å²) in [6.45, 7) is 0. The van der Waals surface area contributed by atoms with Gasteiger partial charge in [0, 0.05) is 5.69 Å². The number of aromatic hydroxyl groups is 1. The maximum Gasteiger partial charge on any atom is 0.262 e. The highest BCUT2D eigenvalue weighted by Crippen LogP contribution is 2.31. The van der Waals surface area contributed by atoms with Gasteiger partial charge in [0.25, 0.3) is 15.9 Å². The highest BCUT2D eigenvalue weighted by molar-refractivity contribution is 7.92. The normalized spacial score (nSPS) is 11.0. The van der Waals surface area contributed by atoms with Gasteiger partial charge in [-0.1, -0.05) is 36.4 Å². The first kappa shape index (κ1) is 23.8. The average Bonchev–Trinajstić information content (AvgIpc) is 2.86. The molecule has 4 aromatic rings. The summed E-state index contributed by atoms with van der Waals surface area (Å²) in [6.07, 6.45) is 0. The maximum absolute atomic E-state index is 13.1. The van der Waals surface area contributed by atoms with Gasteiger partial charge >= 0.3 is 0 Å². The van der Waals surface area contributed by atoms with Crippen molar-refractivity contribution in [3.05, 3.63) is 102 Å². The Balaban J connectivity index is 1.56. The lowest BCUT2D eigenvalue weighted by molar-refractivity contribution is 0.102. The van der Waals surface area contributed by atoms with Crippen LogP contribution in [0.15, 0.2) is 95.9 Å². The first-order chi connectivity index (χ1) is 16.8. The zero-order valence-corrected chi connectivity index (χ0v) is 19.3. The highest BCUT2D eigenvalue weighted by atomic mass is 32.2. The van der Waals surface area contributed by atoms with Gasteiger partial charge in [-0.2, -0.15) is 0 Å². The number of benzene rings is 4. The van der Waals surface area contributed by atoms with E-state index in [1.807, 2.05) is 30.3 Å². The summed E-state index contributed by atoms with van der Waals surface area (Å²) in [5.74, 6) is -1.05. The van der Waals surface area contributed by atoms with Crippen molar-refractivity contribution < 1.29 is 27.4 Å². The average molecular weight is 493 g/mol. The summed E-state index contributed by atoms with van der Waals surface area (Å²) in [7, 11) is -2.64. The standard InChI is InChI=1S/C26H21FN2O5S/c1-34-25-15-18(17-5-3-2-4-6-17)7-13-22(25)26(31)28-20-10-14-24(30)23(16-20)29-35(32,33)21-11-8-19(27)9-12-21/h2-16,29-30H,1H3,(H,28,31). The number of rotatable bonds is 7. The number of phenolic OH excluding ortho intramolecular Hbond substituents is 1. The van der Waals surface area contributed by atoms with E-state index in [1.54, 1.807) is 18.2 Å². The van der Waals surface area contributed by atoms with Crippen molar-refractivity contribution >= 4 is 27.3 Å². The molecule has 0 heterocycles. The lowest BCUT2D eigenvalue weighted by Gasteiger charge is -2.14. The number of hydrogen-bond donors (Lipinski definition) is 3. The van der Waals surface area contributed by atoms with Crippen molar-refractivity contribution in [1.29, 1.82) is 0 Å². The Bertz CT molecular complexity index is 1470. The van der Waals surface area contributed by atoms with E-state index in [4.69, 9.17) is 4.74 Å². The fraction of sp³-hybridized carbons (Fsp3) is 0.0385. The topological polar surface area (TPSA) is 105 Å². The van der Waals surface area contributed by atoms with Crippen LogP contribution in [-0.2, 0) is 10.0 Å². The Morgan fingerprint density at radius 2 is 1.60 bits per heavy atom. The predicted molar refractivity (Wildman–Crippen MR) is 132 cm³/mol. The Morgan fingerprint density at radius 3 is 2.29 bits per heavy atom. The number of methoxy groups -OCH3 is 1. The van der Waals surface area contributed by atoms with Gasteiger partial charge in [0.05, 0.1) is 23.3 Å². The van der Waals surface area contributed by atoms with E-state index in [-0.39, 0.29) is 27.6 Å². The van der Waals surface area contributed by atoms with Gasteiger partial charge in [-0.15, -0.1) is 0 Å². The molecule has 0 unspecified atom stereocenters. The van der Waals surface area contributed by atoms with E-state index in [0.717, 1.165) is 35.4 Å². The number of anilines is 2. The molecule has 4 rings (SSSR count). The largest absolute Gasteiger partial charge is 0.506 e. The molecule has 0 aromatic heterocycles. The molecule has 0 bridgehead atoms. The number of nitrogens with one attached hydrogen (secondary N) is 2. The number of hydrogen-bond acceptors (Lipinski definition) is 5. The van der Waals surface area contributed by atoms with Crippen LogP contribution in [0.3, 0.4) is 0 Å². The fourth-order valence-electron chi connectivity index (χ4n) is 3.40. The van der Waals surface area contributed by atoms with Gasteiger partial charge in [-0.3, -0.25) is 9.52 Å². The van der Waals surface area contributed by atoms with Crippen LogP contribution in [0.4, 0.5) is 15.8 Å². The monoisotopic (exact) mass is 492 g/mol. The van der Waals surface area contributed by atoms with Gasteiger partial charge in [0.1, 0.15) is 17.3 Å². The number of ether oxygens (including phenoxy) is 1. The summed E-state index contributed by atoms with van der Waals surface area (Å²) in [5.41, 5.74) is 2.20. The molecular weight excluding hydrogens is 471 g/mol. The summed E-state index contributed by atoms with van der Waals surface area (Å²) in [5, 5.41) is 12.8. The molecule has 4 aromatic carbocycles. The summed E-state index contributed by atoms with van der Waals surface area (Å²) >= 11 is 0. The highest BCUT2D eigenvalue weighted by Gasteiger charge is 2.18. The van der Waals surface area contributed by atoms with Crippen molar-refractivity contribution in [3.8, 4) is 22.6 Å². The van der Waals surface area contributed by atoms with Crippen LogP contribution in [0.1, 0.15) is 10.4 Å². The quantitative estimate of drug-likeness (QED) is 0.241. The minimum atomic E-state index is -4.10. The first-order valence-corrected chi connectivity index (χ1v) is 11.9. The SMILES string of the molecule is COc1cc(-c2ccccc2)ccc1C(=O)Nc1ccc(O)c(NS(=O)(=O)c2ccc(F)cc2)c1. The molecule has 0 radical (unpaired) electrons. The van der Waals surface area contributed by atoms with E-state index >= 15 is 0 Å². The molecule has 178 valence electrons. The lowest BCUT2D eigenvalue weighted by atomic mass is 10.0. The van der Waals surface area contributed by atoms with Crippen molar-refractivity contribution in [2.24, 2.45) is 0 Å². The lowest BCUT2D eigenvalue weighted by Crippen LogP contribution is -2.15. The molecule has 0 aliphatic carbocycles. The van der Waals surface area contributed by atoms with E-state index < -0.39 is 21.7 Å². The van der Waals surface area contributed by atoms with Gasteiger partial charge in [-0.25, -0.2) is 12.8 Å². The molecule has 9 heteroatoms. The van der Waals surface area contributed by atoms with Gasteiger partial charge < -0.3 is 15.2 Å². The summed E-state index contributed by atoms with van der Waals surface area (Å²) in [4.78, 5) is 12.8. The van der Waals surface area contributed by atoms with E-state index in [1.165, 1.54) is 25.3 Å². The number of carbonyl (C=O) groups is 1. The molecule has 0 saturated heterocycles. The molecule has 0 atom stereocenters. The van der Waals surface area contributed by atoms with Gasteiger partial charge in [-0.05, 0) is 65.7 Å². The third kappa shape index (κ3) is 5.42. The van der Waals surface area contributed by atoms with Crippen LogP contribution in [0.2, 0.25) is 0 Å². The summed E-state index contributed by atoms with van der Waals surface area (Å²) < 4.78 is 46.0. The number of sulfonamides is 1. The third-order valence-electron chi connectivity index (χ3n) is 5.18. The van der Waals surface area contributed by atoms with E-state index in [0.29, 0.717) is 5.75 Å². The third-order valence-corrected chi connectivity index (χ3v) is 6.56. The number of carbonyl (C=O) groups excluding carboxylic acids is 1. The van der Waals surface area contributed by atoms with Crippen LogP contribution < -0.4 is 14.8 Å². The van der Waals surface area contributed by atoms with E-state index in [2.05, 4.69) is 10.0 Å². The Morgan fingerprint density at radius 1 is 0.886 bits per heavy atom. The van der Waals surface area contributed by atoms with Gasteiger partial charge in [0.15, 0.2) is 0 Å². The van der Waals surface area contributed by atoms with E-state index in [9.17, 15) is 22.7 Å². The minimum absolute atomic E-state index is 0.154. The fourth-order valence-corrected chi connectivity index (χ4v) is 4.47. The Kier molecular flexibility index (Phi) is 6.70. The van der Waals surface area contributed by atoms with Crippen LogP contribution >= 0.6 is 0 Å². The van der Waals surface area contributed by atoms with Crippen molar-refractivity contribution in [2.75, 3.05) is 17.1 Å². The predicted octanol–water partition coefficient (Wildman–Crippen LogP) is 5.26. The molecule has 0 spiro atoms. The van der Waals surface area contributed by atoms with Crippen LogP contribution in [0.25, 0.3) is 11.1 Å². The van der Waals surface area contributed by atoms with Crippen LogP contribution in [0.5, 0.6) is 11.5 Å². The van der Waals surface area contributed by atoms with Crippen molar-refractivity contribution in [2.45, 2.75) is 4.90 Å². The number of phenols is 1. The Labute approximate surface area is 201 Å². The molecular formula is C26H21FN2O5S. The van der Waals surface area contributed by atoms with Crippen molar-refractivity contribution in [1.82, 2.24) is 0 Å². The second-order valence-electron chi connectivity index (χ2n) is 7.53. The first-order valence-electron chi connectivity index (χ1n) is 10.4. The zero-order valence-electron chi connectivity index (χ0n) is 18.5. The molecule has 1 amide bonds. The molecule has 7 nitrogen and oxygen atoms in total. The molecule has 0 saturated carbocycles. The molecule has 0 aliphatic rings.